The summed E-state index contributed by atoms with van der Waals surface area (Å²) in [6.07, 6.45) is 1.82. The molecule has 3 heteroatoms. The zero-order chi connectivity index (χ0) is 15.0. The Hall–Kier alpha value is -0.900. The van der Waals surface area contributed by atoms with Crippen molar-refractivity contribution in [3.8, 4) is 0 Å². The van der Waals surface area contributed by atoms with Gasteiger partial charge in [0.2, 0.25) is 0 Å². The van der Waals surface area contributed by atoms with Crippen LogP contribution in [0.25, 0.3) is 0 Å². The van der Waals surface area contributed by atoms with Gasteiger partial charge < -0.3 is 15.6 Å². The molecule has 114 valence electrons. The first kappa shape index (κ1) is 17.2. The molecule has 0 amide bonds. The topological polar surface area (TPSA) is 55.5 Å². The highest BCUT2D eigenvalue weighted by Crippen LogP contribution is 2.27. The van der Waals surface area contributed by atoms with Crippen LogP contribution in [0.1, 0.15) is 37.8 Å². The maximum absolute atomic E-state index is 9.83. The molecule has 20 heavy (non-hydrogen) atoms. The highest BCUT2D eigenvalue weighted by atomic mass is 16.5. The zero-order valence-electron chi connectivity index (χ0n) is 13.1. The monoisotopic (exact) mass is 279 g/mol. The van der Waals surface area contributed by atoms with E-state index in [2.05, 4.69) is 32.9 Å². The molecule has 1 rings (SSSR count). The molecule has 1 aromatic rings. The van der Waals surface area contributed by atoms with Crippen LogP contribution in [0, 0.1) is 12.8 Å². The highest BCUT2D eigenvalue weighted by molar-refractivity contribution is 5.30. The summed E-state index contributed by atoms with van der Waals surface area (Å²) in [7, 11) is 0. The molecule has 0 aliphatic rings. The first-order chi connectivity index (χ1) is 9.54. The van der Waals surface area contributed by atoms with Crippen LogP contribution in [-0.2, 0) is 10.2 Å². The molecule has 0 saturated carbocycles. The molecule has 3 nitrogen and oxygen atoms in total. The van der Waals surface area contributed by atoms with Crippen molar-refractivity contribution >= 4 is 0 Å². The summed E-state index contributed by atoms with van der Waals surface area (Å²) < 4.78 is 5.69. The van der Waals surface area contributed by atoms with Gasteiger partial charge in [-0.1, -0.05) is 43.7 Å². The molecular formula is C17H29NO2. The van der Waals surface area contributed by atoms with Gasteiger partial charge in [0.15, 0.2) is 0 Å². The lowest BCUT2D eigenvalue weighted by Crippen LogP contribution is -2.40. The van der Waals surface area contributed by atoms with Crippen molar-refractivity contribution in [3.05, 3.63) is 35.4 Å². The fourth-order valence-electron chi connectivity index (χ4n) is 2.26. The third-order valence-electron chi connectivity index (χ3n) is 3.89. The first-order valence-electron chi connectivity index (χ1n) is 7.50. The molecule has 0 heterocycles. The van der Waals surface area contributed by atoms with Gasteiger partial charge in [0.05, 0.1) is 6.61 Å². The molecule has 0 radical (unpaired) electrons. The quantitative estimate of drug-likeness (QED) is 0.683. The van der Waals surface area contributed by atoms with E-state index in [0.717, 1.165) is 25.0 Å². The third kappa shape index (κ3) is 4.89. The van der Waals surface area contributed by atoms with Crippen LogP contribution in [0.4, 0.5) is 0 Å². The lowest BCUT2D eigenvalue weighted by molar-refractivity contribution is 0.0884. The van der Waals surface area contributed by atoms with Gasteiger partial charge in [0, 0.05) is 25.2 Å². The van der Waals surface area contributed by atoms with Crippen LogP contribution < -0.4 is 5.73 Å². The maximum atomic E-state index is 9.83. The smallest absolute Gasteiger partial charge is 0.0541 e. The minimum atomic E-state index is -0.385. The van der Waals surface area contributed by atoms with Crippen LogP contribution >= 0.6 is 0 Å². The number of aryl methyl sites for hydroxylation is 1. The van der Waals surface area contributed by atoms with E-state index in [9.17, 15) is 5.11 Å². The van der Waals surface area contributed by atoms with Crippen LogP contribution in [-0.4, -0.2) is 31.5 Å². The molecule has 1 aromatic carbocycles. The molecule has 0 saturated heterocycles. The van der Waals surface area contributed by atoms with Crippen LogP contribution in [0.2, 0.25) is 0 Å². The van der Waals surface area contributed by atoms with E-state index < -0.39 is 0 Å². The Bertz CT molecular complexity index is 386. The summed E-state index contributed by atoms with van der Waals surface area (Å²) in [6, 6.07) is 8.23. The van der Waals surface area contributed by atoms with Gasteiger partial charge in [-0.3, -0.25) is 0 Å². The number of nitrogens with two attached hydrogens (primary N) is 1. The molecule has 0 aliphatic heterocycles. The second kappa shape index (κ2) is 8.40. The summed E-state index contributed by atoms with van der Waals surface area (Å²) in [5.41, 5.74) is 7.86. The van der Waals surface area contributed by atoms with Crippen molar-refractivity contribution in [2.24, 2.45) is 11.7 Å². The van der Waals surface area contributed by atoms with E-state index in [0.29, 0.717) is 19.1 Å². The van der Waals surface area contributed by atoms with Gasteiger partial charge in [-0.25, -0.2) is 0 Å². The standard InChI is InChI=1S/C17H29NO2/c1-14(2)7-9-20-10-8-17(12-18,13-19)16-6-4-5-15(3)11-16/h4-6,11,14,19H,7-10,12-13,18H2,1-3H3. The van der Waals surface area contributed by atoms with Crippen molar-refractivity contribution in [2.45, 2.75) is 39.0 Å². The van der Waals surface area contributed by atoms with Gasteiger partial charge in [-0.15, -0.1) is 0 Å². The molecule has 1 unspecified atom stereocenters. The van der Waals surface area contributed by atoms with Crippen LogP contribution in [0.5, 0.6) is 0 Å². The average molecular weight is 279 g/mol. The van der Waals surface area contributed by atoms with E-state index in [1.165, 1.54) is 5.56 Å². The van der Waals surface area contributed by atoms with Crippen LogP contribution in [0.15, 0.2) is 24.3 Å². The number of aliphatic hydroxyl groups excluding tert-OH is 1. The molecule has 3 N–H and O–H groups in total. The number of aliphatic hydroxyl groups is 1. The largest absolute Gasteiger partial charge is 0.395 e. The fourth-order valence-corrected chi connectivity index (χ4v) is 2.26. The Labute approximate surface area is 123 Å². The summed E-state index contributed by atoms with van der Waals surface area (Å²) in [4.78, 5) is 0. The van der Waals surface area contributed by atoms with Gasteiger partial charge >= 0.3 is 0 Å². The highest BCUT2D eigenvalue weighted by Gasteiger charge is 2.29. The SMILES string of the molecule is Cc1cccc(C(CN)(CO)CCOCCC(C)C)c1. The van der Waals surface area contributed by atoms with Gasteiger partial charge in [-0.05, 0) is 31.2 Å². The number of ether oxygens (including phenoxy) is 1. The molecule has 0 fully saturated rings. The van der Waals surface area contributed by atoms with Gasteiger partial charge in [0.1, 0.15) is 0 Å². The Morgan fingerprint density at radius 3 is 2.60 bits per heavy atom. The van der Waals surface area contributed by atoms with Crippen molar-refractivity contribution in [1.29, 1.82) is 0 Å². The predicted octanol–water partition coefficient (Wildman–Crippen LogP) is 2.64. The Morgan fingerprint density at radius 1 is 1.30 bits per heavy atom. The van der Waals surface area contributed by atoms with E-state index in [1.807, 2.05) is 12.1 Å². The Morgan fingerprint density at radius 2 is 2.05 bits per heavy atom. The molecule has 1 atom stereocenters. The number of hydrogen-bond donors (Lipinski definition) is 2. The number of benzene rings is 1. The summed E-state index contributed by atoms with van der Waals surface area (Å²) in [5.74, 6) is 0.656. The molecule has 0 spiro atoms. The third-order valence-corrected chi connectivity index (χ3v) is 3.89. The first-order valence-corrected chi connectivity index (χ1v) is 7.50. The number of hydrogen-bond acceptors (Lipinski definition) is 3. The molecular weight excluding hydrogens is 250 g/mol. The van der Waals surface area contributed by atoms with Crippen molar-refractivity contribution in [1.82, 2.24) is 0 Å². The van der Waals surface area contributed by atoms with Gasteiger partial charge in [-0.2, -0.15) is 0 Å². The normalized spacial score (nSPS) is 14.5. The summed E-state index contributed by atoms with van der Waals surface area (Å²) in [6.45, 7) is 8.33. The molecule has 0 aromatic heterocycles. The van der Waals surface area contributed by atoms with E-state index in [-0.39, 0.29) is 12.0 Å². The van der Waals surface area contributed by atoms with Gasteiger partial charge in [0.25, 0.3) is 0 Å². The lowest BCUT2D eigenvalue weighted by atomic mass is 9.78. The van der Waals surface area contributed by atoms with Crippen molar-refractivity contribution in [3.63, 3.8) is 0 Å². The summed E-state index contributed by atoms with van der Waals surface area (Å²) >= 11 is 0. The van der Waals surface area contributed by atoms with E-state index in [1.54, 1.807) is 0 Å². The molecule has 0 bridgehead atoms. The molecule has 0 aliphatic carbocycles. The number of rotatable bonds is 9. The zero-order valence-corrected chi connectivity index (χ0v) is 13.1. The minimum Gasteiger partial charge on any atom is -0.395 e. The second-order valence-electron chi connectivity index (χ2n) is 6.06. The summed E-state index contributed by atoms with van der Waals surface area (Å²) in [5, 5.41) is 9.83. The fraction of sp³-hybridized carbons (Fsp3) is 0.647. The Balaban J connectivity index is 2.63. The van der Waals surface area contributed by atoms with Crippen molar-refractivity contribution in [2.75, 3.05) is 26.4 Å². The average Bonchev–Trinajstić information content (AvgIpc) is 2.43. The lowest BCUT2D eigenvalue weighted by Gasteiger charge is -2.31. The van der Waals surface area contributed by atoms with Crippen LogP contribution in [0.3, 0.4) is 0 Å². The maximum Gasteiger partial charge on any atom is 0.0541 e. The minimum absolute atomic E-state index is 0.0560. The second-order valence-corrected chi connectivity index (χ2v) is 6.06. The van der Waals surface area contributed by atoms with E-state index >= 15 is 0 Å². The predicted molar refractivity (Wildman–Crippen MR) is 83.9 cm³/mol. The van der Waals surface area contributed by atoms with Crippen molar-refractivity contribution < 1.29 is 9.84 Å². The Kier molecular flexibility index (Phi) is 7.20. The van der Waals surface area contributed by atoms with E-state index in [4.69, 9.17) is 10.5 Å².